The molecule has 0 spiro atoms. The van der Waals surface area contributed by atoms with Gasteiger partial charge in [-0.25, -0.2) is 4.39 Å². The van der Waals surface area contributed by atoms with E-state index in [2.05, 4.69) is 20.8 Å². The Labute approximate surface area is 202 Å². The average molecular weight is 499 g/mol. The standard InChI is InChI=1S/C24H27FN4O5Si/c1-5-33-20-9-7-14-21(24(32)27-13-6-8-18(16(25)10-13)35(2,3)4)15(12-26-23(14)28-20)22(31)17-11-19(30)29-34-17/h6-11,15,21H,5,12H2,1-4H3,(H,26,28)(H,27,32)(H,29,30)/t15?,21-/m1/s1. The number of carbonyl (C=O) groups excluding carboxylic acids is 2. The van der Waals surface area contributed by atoms with Crippen LogP contribution in [0.15, 0.2) is 45.7 Å². The molecule has 3 heterocycles. The molecular formula is C24H27FN4O5Si. The molecule has 9 nitrogen and oxygen atoms in total. The molecule has 11 heteroatoms. The molecule has 0 saturated carbocycles. The summed E-state index contributed by atoms with van der Waals surface area (Å²) in [6.07, 6.45) is 0. The minimum absolute atomic E-state index is 0.0737. The molecule has 0 radical (unpaired) electrons. The van der Waals surface area contributed by atoms with Gasteiger partial charge in [-0.05, 0) is 30.3 Å². The second kappa shape index (κ2) is 9.49. The number of amides is 1. The fourth-order valence-corrected chi connectivity index (χ4v) is 5.56. The van der Waals surface area contributed by atoms with Crippen LogP contribution in [0, 0.1) is 11.7 Å². The molecule has 184 valence electrons. The first-order valence-electron chi connectivity index (χ1n) is 11.3. The Morgan fingerprint density at radius 2 is 2.00 bits per heavy atom. The van der Waals surface area contributed by atoms with Gasteiger partial charge in [0.2, 0.25) is 23.3 Å². The Morgan fingerprint density at radius 3 is 2.63 bits per heavy atom. The van der Waals surface area contributed by atoms with Crippen molar-refractivity contribution in [2.75, 3.05) is 23.8 Å². The lowest BCUT2D eigenvalue weighted by Crippen LogP contribution is -2.41. The largest absolute Gasteiger partial charge is 0.478 e. The first-order chi connectivity index (χ1) is 16.6. The van der Waals surface area contributed by atoms with Crippen LogP contribution in [-0.2, 0) is 4.79 Å². The van der Waals surface area contributed by atoms with Crippen molar-refractivity contribution in [3.05, 3.63) is 63.9 Å². The Kier molecular flexibility index (Phi) is 6.61. The van der Waals surface area contributed by atoms with E-state index in [1.165, 1.54) is 6.07 Å². The highest BCUT2D eigenvalue weighted by atomic mass is 28.3. The van der Waals surface area contributed by atoms with Crippen molar-refractivity contribution in [1.82, 2.24) is 10.1 Å². The van der Waals surface area contributed by atoms with Gasteiger partial charge in [-0.15, -0.1) is 0 Å². The molecule has 1 aliphatic rings. The SMILES string of the molecule is CCOc1ccc2c(n1)NCC(C(=O)c1cc(=O)[nH]o1)[C@@H]2C(=O)Nc1ccc([Si](C)(C)C)c(F)c1. The van der Waals surface area contributed by atoms with Crippen LogP contribution in [0.25, 0.3) is 0 Å². The number of ether oxygens (including phenoxy) is 1. The molecule has 0 bridgehead atoms. The van der Waals surface area contributed by atoms with Crippen LogP contribution in [0.5, 0.6) is 5.88 Å². The summed E-state index contributed by atoms with van der Waals surface area (Å²) in [7, 11) is -1.89. The average Bonchev–Trinajstić information content (AvgIpc) is 3.23. The minimum atomic E-state index is -1.89. The number of Topliss-reactive ketones (excluding diaryl/α,β-unsaturated/α-hetero) is 1. The maximum Gasteiger partial charge on any atom is 0.280 e. The van der Waals surface area contributed by atoms with Crippen molar-refractivity contribution in [1.29, 1.82) is 0 Å². The fraction of sp³-hybridized carbons (Fsp3) is 0.333. The van der Waals surface area contributed by atoms with Crippen LogP contribution in [0.1, 0.15) is 29.0 Å². The first-order valence-corrected chi connectivity index (χ1v) is 14.8. The lowest BCUT2D eigenvalue weighted by Gasteiger charge is -2.31. The maximum absolute atomic E-state index is 14.8. The van der Waals surface area contributed by atoms with Crippen molar-refractivity contribution in [2.45, 2.75) is 32.5 Å². The predicted octanol–water partition coefficient (Wildman–Crippen LogP) is 3.09. The number of pyridine rings is 1. The number of carbonyl (C=O) groups is 2. The van der Waals surface area contributed by atoms with Gasteiger partial charge < -0.3 is 19.9 Å². The summed E-state index contributed by atoms with van der Waals surface area (Å²) in [5.74, 6) is -2.65. The van der Waals surface area contributed by atoms with Crippen LogP contribution < -0.4 is 26.1 Å². The number of nitrogens with one attached hydrogen (secondary N) is 3. The van der Waals surface area contributed by atoms with Crippen LogP contribution in [-0.4, -0.2) is 43.1 Å². The molecule has 2 aromatic heterocycles. The van der Waals surface area contributed by atoms with Crippen LogP contribution in [0.4, 0.5) is 15.9 Å². The molecule has 0 aliphatic carbocycles. The molecule has 2 atom stereocenters. The summed E-state index contributed by atoms with van der Waals surface area (Å²) in [5, 5.41) is 8.58. The Hall–Kier alpha value is -3.73. The van der Waals surface area contributed by atoms with Gasteiger partial charge in [0, 0.05) is 23.9 Å². The summed E-state index contributed by atoms with van der Waals surface area (Å²) in [6, 6.07) is 9.00. The highest BCUT2D eigenvalue weighted by Gasteiger charge is 2.41. The van der Waals surface area contributed by atoms with Gasteiger partial charge in [-0.1, -0.05) is 25.7 Å². The van der Waals surface area contributed by atoms with Crippen molar-refractivity contribution in [3.8, 4) is 5.88 Å². The quantitative estimate of drug-likeness (QED) is 0.338. The molecule has 35 heavy (non-hydrogen) atoms. The van der Waals surface area contributed by atoms with Gasteiger partial charge in [0.15, 0.2) is 0 Å². The third-order valence-corrected chi connectivity index (χ3v) is 7.87. The lowest BCUT2D eigenvalue weighted by molar-refractivity contribution is -0.118. The highest BCUT2D eigenvalue weighted by molar-refractivity contribution is 6.88. The number of fused-ring (bicyclic) bond motifs is 1. The predicted molar refractivity (Wildman–Crippen MR) is 132 cm³/mol. The highest BCUT2D eigenvalue weighted by Crippen LogP contribution is 2.38. The molecule has 0 saturated heterocycles. The van der Waals surface area contributed by atoms with Gasteiger partial charge in [0.05, 0.1) is 32.6 Å². The van der Waals surface area contributed by atoms with Crippen LogP contribution >= 0.6 is 0 Å². The van der Waals surface area contributed by atoms with Crippen molar-refractivity contribution < 1.29 is 23.2 Å². The number of aromatic amines is 1. The van der Waals surface area contributed by atoms with Gasteiger partial charge in [0.25, 0.3) is 5.56 Å². The van der Waals surface area contributed by atoms with E-state index >= 15 is 0 Å². The molecular weight excluding hydrogens is 471 g/mol. The van der Waals surface area contributed by atoms with Crippen LogP contribution in [0.2, 0.25) is 19.6 Å². The monoisotopic (exact) mass is 498 g/mol. The molecule has 1 unspecified atom stereocenters. The van der Waals surface area contributed by atoms with Crippen molar-refractivity contribution in [3.63, 3.8) is 0 Å². The van der Waals surface area contributed by atoms with E-state index in [4.69, 9.17) is 9.26 Å². The molecule has 0 fully saturated rings. The summed E-state index contributed by atoms with van der Waals surface area (Å²) >= 11 is 0. The Balaban J connectivity index is 1.69. The van der Waals surface area contributed by atoms with E-state index in [9.17, 15) is 18.8 Å². The van der Waals surface area contributed by atoms with Gasteiger partial charge in [-0.3, -0.25) is 14.4 Å². The molecule has 1 amide bonds. The fourth-order valence-electron chi connectivity index (χ4n) is 4.19. The van der Waals surface area contributed by atoms with Gasteiger partial charge in [-0.2, -0.15) is 10.1 Å². The minimum Gasteiger partial charge on any atom is -0.478 e. The molecule has 1 aliphatic heterocycles. The summed E-state index contributed by atoms with van der Waals surface area (Å²) in [6.45, 7) is 8.43. The summed E-state index contributed by atoms with van der Waals surface area (Å²) in [4.78, 5) is 42.6. The number of anilines is 2. The van der Waals surface area contributed by atoms with Gasteiger partial charge >= 0.3 is 0 Å². The first kappa shape index (κ1) is 24.4. The number of aromatic nitrogens is 2. The number of ketones is 1. The molecule has 1 aromatic carbocycles. The summed E-state index contributed by atoms with van der Waals surface area (Å²) in [5.41, 5.74) is 0.208. The van der Waals surface area contributed by atoms with Crippen molar-refractivity contribution >= 4 is 36.5 Å². The van der Waals surface area contributed by atoms with E-state index in [1.807, 2.05) is 26.6 Å². The molecule has 3 aromatic rings. The zero-order chi connectivity index (χ0) is 25.3. The normalized spacial score (nSPS) is 17.3. The van der Waals surface area contributed by atoms with E-state index in [0.29, 0.717) is 29.1 Å². The smallest absolute Gasteiger partial charge is 0.280 e. The number of benzene rings is 1. The zero-order valence-electron chi connectivity index (χ0n) is 19.9. The van der Waals surface area contributed by atoms with Crippen molar-refractivity contribution in [2.24, 2.45) is 5.92 Å². The van der Waals surface area contributed by atoms with Crippen LogP contribution in [0.3, 0.4) is 0 Å². The number of halogens is 1. The summed E-state index contributed by atoms with van der Waals surface area (Å²) < 4.78 is 25.2. The van der Waals surface area contributed by atoms with Gasteiger partial charge in [0.1, 0.15) is 11.6 Å². The lowest BCUT2D eigenvalue weighted by atomic mass is 9.79. The second-order valence-electron chi connectivity index (χ2n) is 9.36. The third kappa shape index (κ3) is 5.04. The third-order valence-electron chi connectivity index (χ3n) is 5.85. The molecule has 3 N–H and O–H groups in total. The topological polar surface area (TPSA) is 126 Å². The number of H-pyrrole nitrogens is 1. The molecule has 4 rings (SSSR count). The maximum atomic E-state index is 14.8. The zero-order valence-corrected chi connectivity index (χ0v) is 20.9. The van der Waals surface area contributed by atoms with E-state index in [1.54, 1.807) is 24.3 Å². The van der Waals surface area contributed by atoms with E-state index in [-0.39, 0.29) is 23.8 Å². The van der Waals surface area contributed by atoms with E-state index < -0.39 is 37.2 Å². The number of hydrogen-bond acceptors (Lipinski definition) is 7. The van der Waals surface area contributed by atoms with E-state index in [0.717, 1.165) is 6.07 Å². The number of rotatable bonds is 7. The number of hydrogen-bond donors (Lipinski definition) is 3. The Morgan fingerprint density at radius 1 is 1.23 bits per heavy atom. The number of nitrogens with zero attached hydrogens (tertiary/aromatic N) is 1. The second-order valence-corrected chi connectivity index (χ2v) is 14.4. The Bertz CT molecular complexity index is 1330.